The topological polar surface area (TPSA) is 40.5 Å². The van der Waals surface area contributed by atoms with Crippen molar-refractivity contribution in [2.24, 2.45) is 0 Å². The van der Waals surface area contributed by atoms with Crippen molar-refractivity contribution in [1.29, 1.82) is 0 Å². The predicted molar refractivity (Wildman–Crippen MR) is 69.2 cm³/mol. The molecule has 3 nitrogen and oxygen atoms in total. The fraction of sp³-hybridized carbons (Fsp3) is 0.500. The number of carbonyl (C=O) groups is 1. The number of nitrogens with zero attached hydrogens (tertiary/aromatic N) is 1. The largest absolute Gasteiger partial charge is 0.478 e. The van der Waals surface area contributed by atoms with E-state index in [2.05, 4.69) is 25.7 Å². The van der Waals surface area contributed by atoms with Crippen molar-refractivity contribution >= 4 is 5.97 Å². The molecule has 0 radical (unpaired) electrons. The van der Waals surface area contributed by atoms with Gasteiger partial charge in [-0.25, -0.2) is 4.79 Å². The number of carboxylic acids is 1. The van der Waals surface area contributed by atoms with Crippen molar-refractivity contribution in [3.05, 3.63) is 35.4 Å². The van der Waals surface area contributed by atoms with Crippen LogP contribution >= 0.6 is 0 Å². The van der Waals surface area contributed by atoms with Gasteiger partial charge in [0.1, 0.15) is 0 Å². The molecule has 1 rings (SSSR count). The fourth-order valence-corrected chi connectivity index (χ4v) is 1.82. The highest BCUT2D eigenvalue weighted by Crippen LogP contribution is 2.11. The molecule has 0 saturated carbocycles. The standard InChI is InChI=1S/C14H21NO2/c1-4-11(3)15(5-2)10-12-6-8-13(9-7-12)14(16)17/h6-9,11H,4-5,10H2,1-3H3,(H,16,17). The van der Waals surface area contributed by atoms with Gasteiger partial charge in [-0.15, -0.1) is 0 Å². The Bertz CT molecular complexity index is 359. The van der Waals surface area contributed by atoms with Gasteiger partial charge >= 0.3 is 5.97 Å². The Labute approximate surface area is 103 Å². The lowest BCUT2D eigenvalue weighted by Crippen LogP contribution is -2.31. The zero-order valence-corrected chi connectivity index (χ0v) is 10.8. The third-order valence-corrected chi connectivity index (χ3v) is 3.21. The van der Waals surface area contributed by atoms with Gasteiger partial charge < -0.3 is 5.11 Å². The van der Waals surface area contributed by atoms with Crippen LogP contribution in [-0.4, -0.2) is 28.6 Å². The number of carboxylic acid groups (broad SMARTS) is 1. The van der Waals surface area contributed by atoms with Gasteiger partial charge in [-0.05, 0) is 37.6 Å². The summed E-state index contributed by atoms with van der Waals surface area (Å²) in [5.74, 6) is -0.870. The SMILES string of the molecule is CCC(C)N(CC)Cc1ccc(C(=O)O)cc1. The summed E-state index contributed by atoms with van der Waals surface area (Å²) in [7, 11) is 0. The second-order valence-corrected chi connectivity index (χ2v) is 4.32. The number of aromatic carboxylic acids is 1. The first-order valence-corrected chi connectivity index (χ1v) is 6.14. The van der Waals surface area contributed by atoms with E-state index in [1.807, 2.05) is 12.1 Å². The van der Waals surface area contributed by atoms with E-state index >= 15 is 0 Å². The molecule has 1 aromatic rings. The zero-order chi connectivity index (χ0) is 12.8. The average molecular weight is 235 g/mol. The van der Waals surface area contributed by atoms with E-state index in [9.17, 15) is 4.79 Å². The van der Waals surface area contributed by atoms with Crippen LogP contribution < -0.4 is 0 Å². The molecule has 1 N–H and O–H groups in total. The molecule has 0 bridgehead atoms. The summed E-state index contributed by atoms with van der Waals surface area (Å²) < 4.78 is 0. The molecule has 0 heterocycles. The first-order valence-electron chi connectivity index (χ1n) is 6.14. The van der Waals surface area contributed by atoms with Crippen LogP contribution in [0.3, 0.4) is 0 Å². The molecule has 0 aromatic heterocycles. The van der Waals surface area contributed by atoms with Crippen molar-refractivity contribution in [2.45, 2.75) is 39.8 Å². The van der Waals surface area contributed by atoms with E-state index in [1.165, 1.54) is 0 Å². The van der Waals surface area contributed by atoms with Crippen LogP contribution in [0.1, 0.15) is 43.1 Å². The summed E-state index contributed by atoms with van der Waals surface area (Å²) in [5.41, 5.74) is 1.51. The molecule has 0 amide bonds. The molecule has 17 heavy (non-hydrogen) atoms. The summed E-state index contributed by atoms with van der Waals surface area (Å²) in [4.78, 5) is 13.1. The van der Waals surface area contributed by atoms with E-state index < -0.39 is 5.97 Å². The summed E-state index contributed by atoms with van der Waals surface area (Å²) in [6.45, 7) is 8.44. The molecule has 1 atom stereocenters. The number of hydrogen-bond donors (Lipinski definition) is 1. The highest BCUT2D eigenvalue weighted by molar-refractivity contribution is 5.87. The molecule has 94 valence electrons. The molecular weight excluding hydrogens is 214 g/mol. The summed E-state index contributed by atoms with van der Waals surface area (Å²) in [6, 6.07) is 7.69. The maximum Gasteiger partial charge on any atom is 0.335 e. The van der Waals surface area contributed by atoms with Crippen LogP contribution in [0.4, 0.5) is 0 Å². The molecule has 0 saturated heterocycles. The van der Waals surface area contributed by atoms with E-state index in [0.29, 0.717) is 11.6 Å². The maximum absolute atomic E-state index is 10.7. The van der Waals surface area contributed by atoms with E-state index in [4.69, 9.17) is 5.11 Å². The van der Waals surface area contributed by atoms with Crippen molar-refractivity contribution < 1.29 is 9.90 Å². The van der Waals surface area contributed by atoms with Gasteiger partial charge in [0.05, 0.1) is 5.56 Å². The lowest BCUT2D eigenvalue weighted by molar-refractivity contribution is 0.0697. The van der Waals surface area contributed by atoms with Crippen LogP contribution in [0.25, 0.3) is 0 Å². The minimum absolute atomic E-state index is 0.348. The van der Waals surface area contributed by atoms with Gasteiger partial charge in [0, 0.05) is 12.6 Å². The predicted octanol–water partition coefficient (Wildman–Crippen LogP) is 3.01. The first kappa shape index (κ1) is 13.7. The van der Waals surface area contributed by atoms with Crippen LogP contribution in [-0.2, 0) is 6.54 Å². The van der Waals surface area contributed by atoms with Gasteiger partial charge in [-0.2, -0.15) is 0 Å². The minimum atomic E-state index is -0.870. The Balaban J connectivity index is 2.70. The Kier molecular flexibility index (Phi) is 5.16. The Morgan fingerprint density at radius 3 is 2.29 bits per heavy atom. The quantitative estimate of drug-likeness (QED) is 0.824. The summed E-state index contributed by atoms with van der Waals surface area (Å²) in [5, 5.41) is 8.82. The minimum Gasteiger partial charge on any atom is -0.478 e. The van der Waals surface area contributed by atoms with E-state index in [-0.39, 0.29) is 0 Å². The van der Waals surface area contributed by atoms with Gasteiger partial charge in [0.25, 0.3) is 0 Å². The van der Waals surface area contributed by atoms with Gasteiger partial charge in [-0.1, -0.05) is 26.0 Å². The first-order chi connectivity index (χ1) is 8.08. The Morgan fingerprint density at radius 2 is 1.88 bits per heavy atom. The van der Waals surface area contributed by atoms with Crippen LogP contribution in [0, 0.1) is 0 Å². The lowest BCUT2D eigenvalue weighted by atomic mass is 10.1. The van der Waals surface area contributed by atoms with Crippen molar-refractivity contribution in [3.63, 3.8) is 0 Å². The smallest absolute Gasteiger partial charge is 0.335 e. The van der Waals surface area contributed by atoms with Crippen LogP contribution in [0.2, 0.25) is 0 Å². The fourth-order valence-electron chi connectivity index (χ4n) is 1.82. The third kappa shape index (κ3) is 3.86. The Hall–Kier alpha value is -1.35. The molecule has 1 aromatic carbocycles. The molecule has 0 spiro atoms. The molecule has 3 heteroatoms. The highest BCUT2D eigenvalue weighted by atomic mass is 16.4. The number of benzene rings is 1. The number of hydrogen-bond acceptors (Lipinski definition) is 2. The monoisotopic (exact) mass is 235 g/mol. The normalized spacial score (nSPS) is 12.7. The second-order valence-electron chi connectivity index (χ2n) is 4.32. The zero-order valence-electron chi connectivity index (χ0n) is 10.8. The van der Waals surface area contributed by atoms with E-state index in [0.717, 1.165) is 25.1 Å². The lowest BCUT2D eigenvalue weighted by Gasteiger charge is -2.26. The third-order valence-electron chi connectivity index (χ3n) is 3.21. The summed E-state index contributed by atoms with van der Waals surface area (Å²) >= 11 is 0. The maximum atomic E-state index is 10.7. The molecule has 0 fully saturated rings. The molecule has 0 aliphatic carbocycles. The second kappa shape index (κ2) is 6.40. The van der Waals surface area contributed by atoms with Crippen molar-refractivity contribution in [3.8, 4) is 0 Å². The average Bonchev–Trinajstić information content (AvgIpc) is 2.35. The van der Waals surface area contributed by atoms with Crippen LogP contribution in [0.15, 0.2) is 24.3 Å². The molecule has 1 unspecified atom stereocenters. The van der Waals surface area contributed by atoms with Crippen molar-refractivity contribution in [2.75, 3.05) is 6.54 Å². The summed E-state index contributed by atoms with van der Waals surface area (Å²) in [6.07, 6.45) is 1.13. The van der Waals surface area contributed by atoms with Gasteiger partial charge in [-0.3, -0.25) is 4.90 Å². The van der Waals surface area contributed by atoms with E-state index in [1.54, 1.807) is 12.1 Å². The molecule has 0 aliphatic rings. The van der Waals surface area contributed by atoms with Crippen molar-refractivity contribution in [1.82, 2.24) is 4.90 Å². The number of rotatable bonds is 6. The van der Waals surface area contributed by atoms with Crippen LogP contribution in [0.5, 0.6) is 0 Å². The highest BCUT2D eigenvalue weighted by Gasteiger charge is 2.10. The van der Waals surface area contributed by atoms with Gasteiger partial charge in [0.15, 0.2) is 0 Å². The Morgan fingerprint density at radius 1 is 1.29 bits per heavy atom. The molecular formula is C14H21NO2. The molecule has 0 aliphatic heterocycles. The van der Waals surface area contributed by atoms with Gasteiger partial charge in [0.2, 0.25) is 0 Å².